The van der Waals surface area contributed by atoms with Crippen molar-refractivity contribution in [3.05, 3.63) is 22.4 Å². The smallest absolute Gasteiger partial charge is 0.0646 e. The molecule has 2 saturated heterocycles. The van der Waals surface area contributed by atoms with Crippen LogP contribution in [-0.2, 0) is 5.54 Å². The topological polar surface area (TPSA) is 26.7 Å². The molecule has 112 valence electrons. The molecule has 20 heavy (non-hydrogen) atoms. The summed E-state index contributed by atoms with van der Waals surface area (Å²) in [5, 5.41) is 11.3. The number of aliphatic hydroxyl groups is 1. The molecule has 0 radical (unpaired) electrons. The van der Waals surface area contributed by atoms with E-state index in [1.54, 1.807) is 4.88 Å². The van der Waals surface area contributed by atoms with Crippen LogP contribution in [0.15, 0.2) is 17.5 Å². The number of hydrogen-bond donors (Lipinski definition) is 1. The minimum absolute atomic E-state index is 0.280. The van der Waals surface area contributed by atoms with E-state index in [0.29, 0.717) is 0 Å². The zero-order valence-corrected chi connectivity index (χ0v) is 13.6. The van der Waals surface area contributed by atoms with Gasteiger partial charge >= 0.3 is 0 Å². The van der Waals surface area contributed by atoms with Crippen molar-refractivity contribution in [2.24, 2.45) is 0 Å². The van der Waals surface area contributed by atoms with E-state index in [4.69, 9.17) is 5.11 Å². The number of β-amino-alcohol motifs (C(OH)–C–C–N with tert-alkyl or cyclic N) is 1. The molecule has 0 amide bonds. The highest BCUT2D eigenvalue weighted by atomic mass is 32.2. The van der Waals surface area contributed by atoms with Gasteiger partial charge in [0, 0.05) is 43.4 Å². The molecular formula is C15H24N2OS2. The Labute approximate surface area is 130 Å². The second-order valence-electron chi connectivity index (χ2n) is 5.72. The molecule has 0 spiro atoms. The van der Waals surface area contributed by atoms with Crippen LogP contribution in [-0.4, -0.2) is 65.7 Å². The molecule has 1 N–H and O–H groups in total. The third-order valence-corrected chi connectivity index (χ3v) is 6.92. The first-order chi connectivity index (χ1) is 9.85. The highest BCUT2D eigenvalue weighted by molar-refractivity contribution is 7.99. The summed E-state index contributed by atoms with van der Waals surface area (Å²) in [6.45, 7) is 5.58. The van der Waals surface area contributed by atoms with Crippen molar-refractivity contribution in [1.29, 1.82) is 0 Å². The van der Waals surface area contributed by atoms with Crippen molar-refractivity contribution >= 4 is 23.1 Å². The molecule has 3 rings (SSSR count). The Morgan fingerprint density at radius 1 is 1.25 bits per heavy atom. The molecule has 1 atom stereocenters. The monoisotopic (exact) mass is 312 g/mol. The molecule has 1 unspecified atom stereocenters. The van der Waals surface area contributed by atoms with Crippen molar-refractivity contribution in [3.8, 4) is 0 Å². The van der Waals surface area contributed by atoms with Crippen LogP contribution in [0.2, 0.25) is 0 Å². The normalized spacial score (nSPS) is 29.6. The van der Waals surface area contributed by atoms with E-state index in [0.717, 1.165) is 32.7 Å². The van der Waals surface area contributed by atoms with Gasteiger partial charge in [-0.25, -0.2) is 0 Å². The first kappa shape index (κ1) is 14.9. The summed E-state index contributed by atoms with van der Waals surface area (Å²) in [6, 6.07) is 4.53. The lowest BCUT2D eigenvalue weighted by Crippen LogP contribution is -2.57. The van der Waals surface area contributed by atoms with E-state index in [2.05, 4.69) is 39.1 Å². The summed E-state index contributed by atoms with van der Waals surface area (Å²) >= 11 is 4.04. The standard InChI is InChI=1S/C15H24N2OS2/c18-10-9-16-5-7-17(8-6-16)15(4-2-11-19-13-15)14-3-1-12-20-14/h1,3,12,18H,2,4-11,13H2. The van der Waals surface area contributed by atoms with E-state index in [1.807, 2.05) is 11.3 Å². The van der Waals surface area contributed by atoms with E-state index in [9.17, 15) is 0 Å². The van der Waals surface area contributed by atoms with Crippen LogP contribution >= 0.6 is 23.1 Å². The van der Waals surface area contributed by atoms with Gasteiger partial charge in [-0.05, 0) is 30.0 Å². The molecule has 2 aliphatic rings. The fourth-order valence-corrected chi connectivity index (χ4v) is 5.85. The Kier molecular flexibility index (Phi) is 5.04. The molecule has 0 aliphatic carbocycles. The Bertz CT molecular complexity index is 396. The van der Waals surface area contributed by atoms with Gasteiger partial charge in [-0.3, -0.25) is 9.80 Å². The van der Waals surface area contributed by atoms with Gasteiger partial charge in [0.05, 0.1) is 12.1 Å². The predicted molar refractivity (Wildman–Crippen MR) is 87.7 cm³/mol. The number of thioether (sulfide) groups is 1. The van der Waals surface area contributed by atoms with Crippen LogP contribution in [0.3, 0.4) is 0 Å². The van der Waals surface area contributed by atoms with Gasteiger partial charge in [0.15, 0.2) is 0 Å². The Balaban J connectivity index is 1.74. The molecule has 1 aromatic heterocycles. The molecule has 0 aromatic carbocycles. The van der Waals surface area contributed by atoms with E-state index >= 15 is 0 Å². The lowest BCUT2D eigenvalue weighted by atomic mass is 9.90. The van der Waals surface area contributed by atoms with Crippen LogP contribution < -0.4 is 0 Å². The SMILES string of the molecule is OCCN1CCN(C2(c3cccs3)CCCSC2)CC1. The number of nitrogens with zero attached hydrogens (tertiary/aromatic N) is 2. The van der Waals surface area contributed by atoms with Crippen LogP contribution in [0.4, 0.5) is 0 Å². The molecule has 5 heteroatoms. The maximum absolute atomic E-state index is 9.08. The molecular weight excluding hydrogens is 288 g/mol. The van der Waals surface area contributed by atoms with Gasteiger partial charge in [-0.1, -0.05) is 6.07 Å². The average molecular weight is 313 g/mol. The average Bonchev–Trinajstić information content (AvgIpc) is 3.04. The maximum atomic E-state index is 9.08. The first-order valence-electron chi connectivity index (χ1n) is 7.55. The number of piperazine rings is 1. The van der Waals surface area contributed by atoms with Crippen LogP contribution in [0.1, 0.15) is 17.7 Å². The van der Waals surface area contributed by atoms with Crippen molar-refractivity contribution in [2.45, 2.75) is 18.4 Å². The summed E-state index contributed by atoms with van der Waals surface area (Å²) in [4.78, 5) is 6.66. The fourth-order valence-electron chi connectivity index (χ4n) is 3.46. The highest BCUT2D eigenvalue weighted by Gasteiger charge is 2.41. The number of aliphatic hydroxyl groups excluding tert-OH is 1. The molecule has 0 saturated carbocycles. The van der Waals surface area contributed by atoms with Crippen molar-refractivity contribution in [1.82, 2.24) is 9.80 Å². The van der Waals surface area contributed by atoms with Crippen molar-refractivity contribution < 1.29 is 5.11 Å². The van der Waals surface area contributed by atoms with Crippen molar-refractivity contribution in [3.63, 3.8) is 0 Å². The molecule has 2 aliphatic heterocycles. The number of hydrogen-bond acceptors (Lipinski definition) is 5. The lowest BCUT2D eigenvalue weighted by molar-refractivity contribution is 0.0319. The second-order valence-corrected chi connectivity index (χ2v) is 7.77. The zero-order valence-electron chi connectivity index (χ0n) is 12.0. The van der Waals surface area contributed by atoms with Crippen molar-refractivity contribution in [2.75, 3.05) is 50.8 Å². The van der Waals surface area contributed by atoms with Gasteiger partial charge in [-0.2, -0.15) is 11.8 Å². The van der Waals surface area contributed by atoms with E-state index < -0.39 is 0 Å². The third-order valence-electron chi connectivity index (χ3n) is 4.59. The third kappa shape index (κ3) is 2.92. The Morgan fingerprint density at radius 2 is 2.10 bits per heavy atom. The molecule has 1 aromatic rings. The van der Waals surface area contributed by atoms with Gasteiger partial charge in [0.2, 0.25) is 0 Å². The summed E-state index contributed by atoms with van der Waals surface area (Å²) in [5.74, 6) is 2.56. The van der Waals surface area contributed by atoms with E-state index in [-0.39, 0.29) is 12.1 Å². The van der Waals surface area contributed by atoms with Gasteiger partial charge in [-0.15, -0.1) is 11.3 Å². The molecule has 3 heterocycles. The lowest BCUT2D eigenvalue weighted by Gasteiger charge is -2.49. The minimum atomic E-state index is 0.280. The summed E-state index contributed by atoms with van der Waals surface area (Å²) in [5.41, 5.74) is 0.280. The number of rotatable bonds is 4. The molecule has 3 nitrogen and oxygen atoms in total. The molecule has 2 fully saturated rings. The zero-order chi connectivity index (χ0) is 13.8. The summed E-state index contributed by atoms with van der Waals surface area (Å²) in [6.07, 6.45) is 2.64. The largest absolute Gasteiger partial charge is 0.395 e. The van der Waals surface area contributed by atoms with Gasteiger partial charge in [0.25, 0.3) is 0 Å². The Hall–Kier alpha value is -0.0700. The number of thiophene rings is 1. The quantitative estimate of drug-likeness (QED) is 0.921. The summed E-state index contributed by atoms with van der Waals surface area (Å²) < 4.78 is 0. The first-order valence-corrected chi connectivity index (χ1v) is 9.58. The van der Waals surface area contributed by atoms with Crippen LogP contribution in [0, 0.1) is 0 Å². The minimum Gasteiger partial charge on any atom is -0.395 e. The van der Waals surface area contributed by atoms with E-state index in [1.165, 1.54) is 24.3 Å². The van der Waals surface area contributed by atoms with Gasteiger partial charge < -0.3 is 5.11 Å². The highest BCUT2D eigenvalue weighted by Crippen LogP contribution is 2.42. The predicted octanol–water partition coefficient (Wildman–Crippen LogP) is 2.08. The molecule has 0 bridgehead atoms. The maximum Gasteiger partial charge on any atom is 0.0646 e. The summed E-state index contributed by atoms with van der Waals surface area (Å²) in [7, 11) is 0. The van der Waals surface area contributed by atoms with Crippen LogP contribution in [0.5, 0.6) is 0 Å². The second kappa shape index (κ2) is 6.79. The fraction of sp³-hybridized carbons (Fsp3) is 0.733. The van der Waals surface area contributed by atoms with Gasteiger partial charge in [0.1, 0.15) is 0 Å². The Morgan fingerprint density at radius 3 is 2.70 bits per heavy atom. The van der Waals surface area contributed by atoms with Crippen LogP contribution in [0.25, 0.3) is 0 Å².